The van der Waals surface area contributed by atoms with E-state index >= 15 is 0 Å². The molecule has 0 spiro atoms. The van der Waals surface area contributed by atoms with Gasteiger partial charge < -0.3 is 14.4 Å². The first-order chi connectivity index (χ1) is 16.6. The maximum Gasteiger partial charge on any atom is 0.359 e. The minimum atomic E-state index is -0.693. The molecule has 0 saturated carbocycles. The number of hydrogen-bond acceptors (Lipinski definition) is 6. The number of esters is 1. The summed E-state index contributed by atoms with van der Waals surface area (Å²) in [5.41, 5.74) is 1.62. The number of para-hydroxylation sites is 1. The SMILES string of the molecule is O=C(OCc1nc2ccc(Cl)cc2n1CCO)c1nn(-c2ccccc2)c(=O)c2ccccc12. The average molecular weight is 475 g/mol. The van der Waals surface area contributed by atoms with Gasteiger partial charge >= 0.3 is 5.97 Å². The number of nitrogens with zero attached hydrogens (tertiary/aromatic N) is 4. The molecular formula is C25H19ClN4O4. The molecule has 0 aliphatic carbocycles. The van der Waals surface area contributed by atoms with Gasteiger partial charge in [0, 0.05) is 17.0 Å². The number of halogens is 1. The molecule has 5 rings (SSSR count). The van der Waals surface area contributed by atoms with Gasteiger partial charge in [0.25, 0.3) is 5.56 Å². The van der Waals surface area contributed by atoms with Crippen molar-refractivity contribution in [3.63, 3.8) is 0 Å². The molecule has 0 radical (unpaired) electrons. The normalized spacial score (nSPS) is 11.2. The third kappa shape index (κ3) is 3.93. The van der Waals surface area contributed by atoms with Gasteiger partial charge in [-0.25, -0.2) is 9.78 Å². The van der Waals surface area contributed by atoms with Crippen LogP contribution in [0.4, 0.5) is 0 Å². The van der Waals surface area contributed by atoms with E-state index in [4.69, 9.17) is 16.3 Å². The predicted molar refractivity (Wildman–Crippen MR) is 128 cm³/mol. The van der Waals surface area contributed by atoms with Crippen LogP contribution in [0.25, 0.3) is 27.5 Å². The predicted octanol–water partition coefficient (Wildman–Crippen LogP) is 3.74. The van der Waals surface area contributed by atoms with Crippen molar-refractivity contribution in [2.24, 2.45) is 0 Å². The Morgan fingerprint density at radius 3 is 2.50 bits per heavy atom. The molecule has 2 aromatic heterocycles. The minimum Gasteiger partial charge on any atom is -0.453 e. The Hall–Kier alpha value is -4.01. The van der Waals surface area contributed by atoms with Crippen LogP contribution in [0.15, 0.2) is 77.6 Å². The standard InChI is InChI=1S/C25H19ClN4O4/c26-16-10-11-20-21(14-16)29(12-13-31)22(27-20)15-34-25(33)23-18-8-4-5-9-19(18)24(32)30(28-23)17-6-2-1-3-7-17/h1-11,14,31H,12-13,15H2. The summed E-state index contributed by atoms with van der Waals surface area (Å²) in [5.74, 6) is -0.234. The summed E-state index contributed by atoms with van der Waals surface area (Å²) in [6, 6.07) is 20.9. The van der Waals surface area contributed by atoms with Crippen molar-refractivity contribution in [1.82, 2.24) is 19.3 Å². The molecule has 0 fully saturated rings. The van der Waals surface area contributed by atoms with Gasteiger partial charge in [0.15, 0.2) is 5.69 Å². The number of carbonyl (C=O) groups excluding carboxylic acids is 1. The Bertz CT molecular complexity index is 1580. The summed E-state index contributed by atoms with van der Waals surface area (Å²) in [4.78, 5) is 30.7. The summed E-state index contributed by atoms with van der Waals surface area (Å²) in [5, 5.41) is 15.1. The van der Waals surface area contributed by atoms with E-state index in [-0.39, 0.29) is 31.0 Å². The van der Waals surface area contributed by atoms with E-state index in [0.717, 1.165) is 5.52 Å². The van der Waals surface area contributed by atoms with E-state index in [1.165, 1.54) is 4.68 Å². The van der Waals surface area contributed by atoms with Crippen LogP contribution in [0.3, 0.4) is 0 Å². The van der Waals surface area contributed by atoms with Gasteiger partial charge in [-0.3, -0.25) is 4.79 Å². The fourth-order valence-corrected chi connectivity index (χ4v) is 4.05. The molecule has 8 nitrogen and oxygen atoms in total. The van der Waals surface area contributed by atoms with E-state index in [2.05, 4.69) is 10.1 Å². The highest BCUT2D eigenvalue weighted by Gasteiger charge is 2.20. The maximum absolute atomic E-state index is 13.2. The zero-order valence-electron chi connectivity index (χ0n) is 17.9. The average Bonchev–Trinajstić information content (AvgIpc) is 3.20. The molecule has 1 N–H and O–H groups in total. The number of hydrogen-bond donors (Lipinski definition) is 1. The van der Waals surface area contributed by atoms with Crippen molar-refractivity contribution in [1.29, 1.82) is 0 Å². The van der Waals surface area contributed by atoms with Crippen LogP contribution in [0, 0.1) is 0 Å². The molecule has 5 aromatic rings. The van der Waals surface area contributed by atoms with Crippen LogP contribution in [0.1, 0.15) is 16.3 Å². The Balaban J connectivity index is 1.53. The van der Waals surface area contributed by atoms with Gasteiger partial charge in [-0.2, -0.15) is 9.78 Å². The second-order valence-corrected chi connectivity index (χ2v) is 8.00. The van der Waals surface area contributed by atoms with Crippen molar-refractivity contribution < 1.29 is 14.6 Å². The van der Waals surface area contributed by atoms with E-state index < -0.39 is 5.97 Å². The molecule has 3 aromatic carbocycles. The summed E-state index contributed by atoms with van der Waals surface area (Å²) in [6.45, 7) is 0.00253. The Labute approximate surface area is 198 Å². The van der Waals surface area contributed by atoms with E-state index in [1.807, 2.05) is 6.07 Å². The first kappa shape index (κ1) is 21.8. The fourth-order valence-electron chi connectivity index (χ4n) is 3.89. The van der Waals surface area contributed by atoms with Gasteiger partial charge in [-0.15, -0.1) is 0 Å². The molecule has 9 heteroatoms. The lowest BCUT2D eigenvalue weighted by molar-refractivity contribution is 0.0451. The molecular weight excluding hydrogens is 456 g/mol. The fraction of sp³-hybridized carbons (Fsp3) is 0.120. The Morgan fingerprint density at radius 2 is 1.74 bits per heavy atom. The number of benzene rings is 3. The Morgan fingerprint density at radius 1 is 1.00 bits per heavy atom. The number of ether oxygens (including phenoxy) is 1. The number of aromatic nitrogens is 4. The highest BCUT2D eigenvalue weighted by molar-refractivity contribution is 6.31. The lowest BCUT2D eigenvalue weighted by atomic mass is 10.1. The van der Waals surface area contributed by atoms with Crippen LogP contribution < -0.4 is 5.56 Å². The van der Waals surface area contributed by atoms with E-state index in [1.54, 1.807) is 71.3 Å². The number of fused-ring (bicyclic) bond motifs is 2. The second kappa shape index (κ2) is 9.09. The Kier molecular flexibility index (Phi) is 5.83. The first-order valence-corrected chi connectivity index (χ1v) is 10.9. The monoisotopic (exact) mass is 474 g/mol. The van der Waals surface area contributed by atoms with Crippen LogP contribution in [0.2, 0.25) is 5.02 Å². The molecule has 0 saturated heterocycles. The molecule has 0 bridgehead atoms. The van der Waals surface area contributed by atoms with E-state index in [9.17, 15) is 14.7 Å². The molecule has 0 unspecified atom stereocenters. The van der Waals surface area contributed by atoms with Gasteiger partial charge in [0.1, 0.15) is 12.4 Å². The highest BCUT2D eigenvalue weighted by Crippen LogP contribution is 2.22. The molecule has 34 heavy (non-hydrogen) atoms. The van der Waals surface area contributed by atoms with Gasteiger partial charge in [-0.05, 0) is 36.4 Å². The van der Waals surface area contributed by atoms with Crippen molar-refractivity contribution in [3.05, 3.63) is 99.7 Å². The highest BCUT2D eigenvalue weighted by atomic mass is 35.5. The van der Waals surface area contributed by atoms with Crippen molar-refractivity contribution in [2.45, 2.75) is 13.2 Å². The smallest absolute Gasteiger partial charge is 0.359 e. The number of rotatable bonds is 6. The second-order valence-electron chi connectivity index (χ2n) is 7.56. The van der Waals surface area contributed by atoms with Gasteiger partial charge in [-0.1, -0.05) is 48.0 Å². The molecule has 170 valence electrons. The number of carbonyl (C=O) groups is 1. The lowest BCUT2D eigenvalue weighted by Gasteiger charge is -2.11. The van der Waals surface area contributed by atoms with Crippen LogP contribution in [0.5, 0.6) is 0 Å². The third-order valence-corrected chi connectivity index (χ3v) is 5.68. The van der Waals surface area contributed by atoms with Crippen molar-refractivity contribution >= 4 is 39.4 Å². The van der Waals surface area contributed by atoms with Crippen molar-refractivity contribution in [2.75, 3.05) is 6.61 Å². The zero-order chi connectivity index (χ0) is 23.7. The van der Waals surface area contributed by atoms with E-state index in [0.29, 0.717) is 32.8 Å². The summed E-state index contributed by atoms with van der Waals surface area (Å²) in [6.07, 6.45) is 0. The number of aliphatic hydroxyl groups is 1. The van der Waals surface area contributed by atoms with Crippen LogP contribution >= 0.6 is 11.6 Å². The lowest BCUT2D eigenvalue weighted by Crippen LogP contribution is -2.25. The maximum atomic E-state index is 13.2. The summed E-state index contributed by atoms with van der Waals surface area (Å²) < 4.78 is 8.54. The quantitative estimate of drug-likeness (QED) is 0.376. The van der Waals surface area contributed by atoms with Crippen LogP contribution in [-0.4, -0.2) is 37.0 Å². The number of imidazole rings is 1. The molecule has 0 amide bonds. The third-order valence-electron chi connectivity index (χ3n) is 5.44. The van der Waals surface area contributed by atoms with Crippen LogP contribution in [-0.2, 0) is 17.9 Å². The molecule has 0 aliphatic heterocycles. The minimum absolute atomic E-state index is 0.0203. The molecule has 0 aliphatic rings. The van der Waals surface area contributed by atoms with Crippen molar-refractivity contribution in [3.8, 4) is 5.69 Å². The zero-order valence-corrected chi connectivity index (χ0v) is 18.6. The van der Waals surface area contributed by atoms with Gasteiger partial charge in [0.2, 0.25) is 0 Å². The van der Waals surface area contributed by atoms with Gasteiger partial charge in [0.05, 0.1) is 28.7 Å². The summed E-state index contributed by atoms with van der Waals surface area (Å²) >= 11 is 6.12. The molecule has 2 heterocycles. The summed E-state index contributed by atoms with van der Waals surface area (Å²) in [7, 11) is 0. The molecule has 0 atom stereocenters. The first-order valence-electron chi connectivity index (χ1n) is 10.6. The number of aliphatic hydroxyl groups excluding tert-OH is 1. The largest absolute Gasteiger partial charge is 0.453 e. The topological polar surface area (TPSA) is 99.2 Å².